The molecule has 1 N–H and O–H groups in total. The first-order valence-corrected chi connectivity index (χ1v) is 10.0. The van der Waals surface area contributed by atoms with E-state index in [1.54, 1.807) is 16.7 Å². The lowest BCUT2D eigenvalue weighted by molar-refractivity contribution is -0.119. The number of carbonyl (C=O) groups is 1. The van der Waals surface area contributed by atoms with Crippen LogP contribution < -0.4 is 10.9 Å². The molecule has 0 fully saturated rings. The fraction of sp³-hybridized carbons (Fsp3) is 0.250. The van der Waals surface area contributed by atoms with Crippen LogP contribution >= 0.6 is 23.4 Å². The van der Waals surface area contributed by atoms with Crippen LogP contribution in [0.3, 0.4) is 0 Å². The quantitative estimate of drug-likeness (QED) is 0.500. The van der Waals surface area contributed by atoms with Gasteiger partial charge in [-0.05, 0) is 43.7 Å². The zero-order chi connectivity index (χ0) is 19.4. The van der Waals surface area contributed by atoms with Crippen molar-refractivity contribution >= 4 is 40.2 Å². The molecular weight excluding hydrogens is 382 g/mol. The van der Waals surface area contributed by atoms with Gasteiger partial charge in [-0.2, -0.15) is 0 Å². The summed E-state index contributed by atoms with van der Waals surface area (Å²) in [4.78, 5) is 29.5. The predicted octanol–water partition coefficient (Wildman–Crippen LogP) is 4.04. The van der Waals surface area contributed by atoms with Gasteiger partial charge >= 0.3 is 0 Å². The molecule has 0 bridgehead atoms. The number of halogens is 1. The highest BCUT2D eigenvalue weighted by molar-refractivity contribution is 7.99. The molecule has 0 radical (unpaired) electrons. The molecule has 1 atom stereocenters. The third-order valence-electron chi connectivity index (χ3n) is 4.20. The summed E-state index contributed by atoms with van der Waals surface area (Å²) >= 11 is 7.27. The molecule has 0 saturated heterocycles. The first-order chi connectivity index (χ1) is 13.0. The van der Waals surface area contributed by atoms with Crippen LogP contribution in [0.25, 0.3) is 10.9 Å². The van der Waals surface area contributed by atoms with Crippen LogP contribution in [0.1, 0.15) is 25.5 Å². The smallest absolute Gasteiger partial charge is 0.262 e. The maximum Gasteiger partial charge on any atom is 0.262 e. The van der Waals surface area contributed by atoms with Gasteiger partial charge in [-0.3, -0.25) is 14.2 Å². The molecule has 0 aliphatic carbocycles. The molecule has 2 aromatic carbocycles. The lowest BCUT2D eigenvalue weighted by atomic mass is 10.1. The molecule has 5 nitrogen and oxygen atoms in total. The van der Waals surface area contributed by atoms with Crippen molar-refractivity contribution in [1.82, 2.24) is 14.9 Å². The third kappa shape index (κ3) is 4.51. The van der Waals surface area contributed by atoms with Crippen molar-refractivity contribution in [3.63, 3.8) is 0 Å². The first kappa shape index (κ1) is 19.5. The molecular formula is C20H20ClN3O2S. The van der Waals surface area contributed by atoms with Gasteiger partial charge in [0.1, 0.15) is 0 Å². The minimum Gasteiger partial charge on any atom is -0.349 e. The summed E-state index contributed by atoms with van der Waals surface area (Å²) in [5, 5.41) is 4.72. The van der Waals surface area contributed by atoms with Gasteiger partial charge in [-0.1, -0.05) is 47.6 Å². The van der Waals surface area contributed by atoms with Crippen molar-refractivity contribution < 1.29 is 4.79 Å². The van der Waals surface area contributed by atoms with Gasteiger partial charge in [0.05, 0.1) is 22.7 Å². The number of carbonyl (C=O) groups excluding carboxylic acids is 1. The minimum atomic E-state index is -0.158. The monoisotopic (exact) mass is 401 g/mol. The summed E-state index contributed by atoms with van der Waals surface area (Å²) in [7, 11) is 0. The van der Waals surface area contributed by atoms with Crippen LogP contribution in [-0.4, -0.2) is 21.2 Å². The van der Waals surface area contributed by atoms with E-state index in [1.165, 1.54) is 11.8 Å². The average Bonchev–Trinajstić information content (AvgIpc) is 2.66. The molecule has 27 heavy (non-hydrogen) atoms. The molecule has 3 aromatic rings. The topological polar surface area (TPSA) is 64.0 Å². The molecule has 0 aliphatic rings. The van der Waals surface area contributed by atoms with Gasteiger partial charge in [0.25, 0.3) is 5.56 Å². The van der Waals surface area contributed by atoms with Crippen molar-refractivity contribution in [2.45, 2.75) is 31.6 Å². The summed E-state index contributed by atoms with van der Waals surface area (Å²) in [6, 6.07) is 14.5. The number of para-hydroxylation sites is 1. The number of hydrogen-bond donors (Lipinski definition) is 1. The second-order valence-electron chi connectivity index (χ2n) is 6.09. The van der Waals surface area contributed by atoms with Crippen LogP contribution in [0.4, 0.5) is 0 Å². The zero-order valence-electron chi connectivity index (χ0n) is 15.1. The highest BCUT2D eigenvalue weighted by atomic mass is 35.5. The molecule has 3 rings (SSSR count). The lowest BCUT2D eigenvalue weighted by Gasteiger charge is -2.15. The second-order valence-corrected chi connectivity index (χ2v) is 7.47. The van der Waals surface area contributed by atoms with Crippen molar-refractivity contribution in [3.8, 4) is 0 Å². The van der Waals surface area contributed by atoms with Crippen LogP contribution in [0.5, 0.6) is 0 Å². The Morgan fingerprint density at radius 2 is 2.04 bits per heavy atom. The van der Waals surface area contributed by atoms with Crippen LogP contribution in [0, 0.1) is 0 Å². The van der Waals surface area contributed by atoms with Crippen LogP contribution in [0.2, 0.25) is 5.02 Å². The maximum atomic E-state index is 12.6. The Balaban J connectivity index is 1.72. The molecule has 140 valence electrons. The number of hydrogen-bond acceptors (Lipinski definition) is 4. The molecule has 0 saturated carbocycles. The number of rotatable bonds is 6. The third-order valence-corrected chi connectivity index (χ3v) is 5.41. The molecule has 1 amide bonds. The summed E-state index contributed by atoms with van der Waals surface area (Å²) in [5.41, 5.74) is 1.50. The Labute approximate surface area is 166 Å². The first-order valence-electron chi connectivity index (χ1n) is 8.66. The van der Waals surface area contributed by atoms with E-state index < -0.39 is 0 Å². The van der Waals surface area contributed by atoms with Crippen LogP contribution in [-0.2, 0) is 11.3 Å². The zero-order valence-corrected chi connectivity index (χ0v) is 16.7. The van der Waals surface area contributed by atoms with E-state index in [0.717, 1.165) is 5.56 Å². The van der Waals surface area contributed by atoms with Crippen molar-refractivity contribution in [2.75, 3.05) is 5.75 Å². The number of aromatic nitrogens is 2. The van der Waals surface area contributed by atoms with Crippen molar-refractivity contribution in [2.24, 2.45) is 0 Å². The SMILES string of the molecule is CCn1c(SCC(=O)N[C@@H](C)c2cccc(Cl)c2)nc2ccccc2c1=O. The molecule has 1 aromatic heterocycles. The molecule has 1 heterocycles. The van der Waals surface area contributed by atoms with Crippen molar-refractivity contribution in [1.29, 1.82) is 0 Å². The second kappa shape index (κ2) is 8.59. The van der Waals surface area contributed by atoms with E-state index >= 15 is 0 Å². The summed E-state index contributed by atoms with van der Waals surface area (Å²) in [5.74, 6) is 0.0490. The largest absolute Gasteiger partial charge is 0.349 e. The Morgan fingerprint density at radius 1 is 1.26 bits per heavy atom. The van der Waals surface area contributed by atoms with Gasteiger partial charge in [0.2, 0.25) is 5.91 Å². The van der Waals surface area contributed by atoms with E-state index in [4.69, 9.17) is 11.6 Å². The Hall–Kier alpha value is -2.31. The molecule has 7 heteroatoms. The van der Waals surface area contributed by atoms with Gasteiger partial charge < -0.3 is 5.32 Å². The maximum absolute atomic E-state index is 12.6. The van der Waals surface area contributed by atoms with Gasteiger partial charge in [0, 0.05) is 11.6 Å². The van der Waals surface area contributed by atoms with Crippen LogP contribution in [0.15, 0.2) is 58.5 Å². The number of fused-ring (bicyclic) bond motifs is 1. The summed E-state index contributed by atoms with van der Waals surface area (Å²) in [6.07, 6.45) is 0. The summed E-state index contributed by atoms with van der Waals surface area (Å²) < 4.78 is 1.60. The van der Waals surface area contributed by atoms with E-state index in [-0.39, 0.29) is 23.3 Å². The number of nitrogens with zero attached hydrogens (tertiary/aromatic N) is 2. The van der Waals surface area contributed by atoms with E-state index in [0.29, 0.717) is 27.6 Å². The van der Waals surface area contributed by atoms with Gasteiger partial charge in [-0.25, -0.2) is 4.98 Å². The highest BCUT2D eigenvalue weighted by Crippen LogP contribution is 2.20. The number of benzene rings is 2. The summed E-state index contributed by atoms with van der Waals surface area (Å²) in [6.45, 7) is 4.30. The fourth-order valence-electron chi connectivity index (χ4n) is 2.81. The van der Waals surface area contributed by atoms with Gasteiger partial charge in [0.15, 0.2) is 5.16 Å². The van der Waals surface area contributed by atoms with E-state index in [2.05, 4.69) is 10.3 Å². The number of nitrogens with one attached hydrogen (secondary N) is 1. The molecule has 0 unspecified atom stereocenters. The number of amides is 1. The van der Waals surface area contributed by atoms with E-state index in [9.17, 15) is 9.59 Å². The predicted molar refractivity (Wildman–Crippen MR) is 110 cm³/mol. The van der Waals surface area contributed by atoms with Gasteiger partial charge in [-0.15, -0.1) is 0 Å². The molecule has 0 aliphatic heterocycles. The minimum absolute atomic E-state index is 0.0849. The molecule has 0 spiro atoms. The highest BCUT2D eigenvalue weighted by Gasteiger charge is 2.14. The number of thioether (sulfide) groups is 1. The average molecular weight is 402 g/mol. The lowest BCUT2D eigenvalue weighted by Crippen LogP contribution is -2.29. The Morgan fingerprint density at radius 3 is 2.78 bits per heavy atom. The fourth-order valence-corrected chi connectivity index (χ4v) is 3.88. The Bertz CT molecular complexity index is 1040. The van der Waals surface area contributed by atoms with E-state index in [1.807, 2.05) is 50.2 Å². The normalized spacial score (nSPS) is 12.1. The van der Waals surface area contributed by atoms with Crippen molar-refractivity contribution in [3.05, 3.63) is 69.5 Å². The Kier molecular flexibility index (Phi) is 6.19. The standard InChI is InChI=1S/C20H20ClN3O2S/c1-3-24-19(26)16-9-4-5-10-17(16)23-20(24)27-12-18(25)22-13(2)14-7-6-8-15(21)11-14/h4-11,13H,3,12H2,1-2H3,(H,22,25)/t13-/m0/s1.